The van der Waals surface area contributed by atoms with E-state index in [1.54, 1.807) is 17.4 Å². The summed E-state index contributed by atoms with van der Waals surface area (Å²) >= 11 is 13.7. The van der Waals surface area contributed by atoms with Gasteiger partial charge in [0.15, 0.2) is 11.2 Å². The Labute approximate surface area is 148 Å². The molecule has 2 aromatic heterocycles. The number of benzene rings is 1. The number of carbonyl (C=O) groups is 1. The van der Waals surface area contributed by atoms with Crippen LogP contribution in [-0.2, 0) is 5.41 Å². The van der Waals surface area contributed by atoms with Gasteiger partial charge in [-0.2, -0.15) is 0 Å². The lowest BCUT2D eigenvalue weighted by Gasteiger charge is -2.16. The highest BCUT2D eigenvalue weighted by Gasteiger charge is 2.27. The number of rotatable bonds is 2. The molecule has 0 aliphatic heterocycles. The van der Waals surface area contributed by atoms with Crippen molar-refractivity contribution >= 4 is 45.8 Å². The van der Waals surface area contributed by atoms with Gasteiger partial charge in [0, 0.05) is 15.9 Å². The van der Waals surface area contributed by atoms with Crippen LogP contribution in [0, 0.1) is 6.92 Å². The van der Waals surface area contributed by atoms with Gasteiger partial charge in [-0.25, -0.2) is 4.98 Å². The highest BCUT2D eigenvalue weighted by atomic mass is 35.5. The van der Waals surface area contributed by atoms with Crippen LogP contribution in [0.4, 0.5) is 0 Å². The number of fused-ring (bicyclic) bond motifs is 1. The lowest BCUT2D eigenvalue weighted by atomic mass is 9.91. The Kier molecular flexibility index (Phi) is 4.03. The van der Waals surface area contributed by atoms with E-state index in [0.29, 0.717) is 15.7 Å². The van der Waals surface area contributed by atoms with Gasteiger partial charge in [-0.1, -0.05) is 50.0 Å². The quantitative estimate of drug-likeness (QED) is 0.538. The highest BCUT2D eigenvalue weighted by molar-refractivity contribution is 7.17. The largest absolute Gasteiger partial charge is 0.296 e. The fraction of sp³-hybridized carbons (Fsp3) is 0.294. The molecule has 1 aromatic carbocycles. The molecule has 0 unspecified atom stereocenters. The molecular weight excluding hydrogens is 351 g/mol. The third kappa shape index (κ3) is 2.69. The predicted molar refractivity (Wildman–Crippen MR) is 97.3 cm³/mol. The Hall–Kier alpha value is -1.36. The summed E-state index contributed by atoms with van der Waals surface area (Å²) in [5, 5.41) is 1.00. The number of aromatic nitrogens is 2. The number of imidazole rings is 1. The molecule has 0 saturated carbocycles. The molecule has 120 valence electrons. The molecule has 0 spiro atoms. The van der Waals surface area contributed by atoms with Crippen molar-refractivity contribution < 1.29 is 4.79 Å². The summed E-state index contributed by atoms with van der Waals surface area (Å²) in [6.45, 7) is 8.18. The van der Waals surface area contributed by atoms with E-state index in [1.807, 2.05) is 23.5 Å². The Morgan fingerprint density at radius 1 is 1.22 bits per heavy atom. The first-order valence-corrected chi connectivity index (χ1v) is 8.74. The molecule has 0 amide bonds. The van der Waals surface area contributed by atoms with Gasteiger partial charge in [0.25, 0.3) is 0 Å². The van der Waals surface area contributed by atoms with Crippen LogP contribution in [0.1, 0.15) is 41.8 Å². The molecule has 23 heavy (non-hydrogen) atoms. The van der Waals surface area contributed by atoms with E-state index in [4.69, 9.17) is 28.2 Å². The van der Waals surface area contributed by atoms with Gasteiger partial charge in [0.2, 0.25) is 0 Å². The molecule has 0 saturated heterocycles. The fourth-order valence-electron chi connectivity index (χ4n) is 2.68. The molecule has 6 heteroatoms. The minimum Gasteiger partial charge on any atom is -0.296 e. The first kappa shape index (κ1) is 16.5. The molecule has 0 bridgehead atoms. The van der Waals surface area contributed by atoms with Crippen LogP contribution in [0.15, 0.2) is 18.2 Å². The van der Waals surface area contributed by atoms with Crippen molar-refractivity contribution in [3.8, 4) is 11.3 Å². The fourth-order valence-corrected chi connectivity index (χ4v) is 3.97. The summed E-state index contributed by atoms with van der Waals surface area (Å²) in [4.78, 5) is 18.3. The van der Waals surface area contributed by atoms with E-state index in [1.165, 1.54) is 0 Å². The molecule has 2 heterocycles. The molecular formula is C17H16Cl2N2OS. The van der Waals surface area contributed by atoms with Gasteiger partial charge >= 0.3 is 0 Å². The van der Waals surface area contributed by atoms with Crippen LogP contribution in [0.2, 0.25) is 10.0 Å². The summed E-state index contributed by atoms with van der Waals surface area (Å²) in [5.41, 5.74) is 3.06. The number of aldehydes is 1. The number of carbonyl (C=O) groups excluding carboxylic acids is 1. The third-order valence-corrected chi connectivity index (χ3v) is 5.39. The van der Waals surface area contributed by atoms with Gasteiger partial charge < -0.3 is 0 Å². The third-order valence-electron chi connectivity index (χ3n) is 3.70. The lowest BCUT2D eigenvalue weighted by molar-refractivity contribution is 0.111. The van der Waals surface area contributed by atoms with Crippen molar-refractivity contribution in [3.63, 3.8) is 0 Å². The second kappa shape index (κ2) is 5.62. The summed E-state index contributed by atoms with van der Waals surface area (Å²) in [7, 11) is 0. The minimum atomic E-state index is -0.204. The number of hydrogen-bond donors (Lipinski definition) is 0. The maximum atomic E-state index is 11.8. The van der Waals surface area contributed by atoms with Crippen LogP contribution >= 0.6 is 34.5 Å². The predicted octanol–water partition coefficient (Wildman–Crippen LogP) is 5.79. The van der Waals surface area contributed by atoms with E-state index >= 15 is 0 Å². The molecule has 3 aromatic rings. The Balaban J connectivity index is 2.36. The SMILES string of the molecule is Cc1sc2nc(C(C)(C)C)c(C=O)n2c1-c1ccc(Cl)c(Cl)c1. The van der Waals surface area contributed by atoms with Crippen LogP contribution in [0.3, 0.4) is 0 Å². The summed E-state index contributed by atoms with van der Waals surface area (Å²) in [6, 6.07) is 5.50. The summed E-state index contributed by atoms with van der Waals surface area (Å²) in [6.07, 6.45) is 0.883. The Morgan fingerprint density at radius 2 is 1.91 bits per heavy atom. The van der Waals surface area contributed by atoms with Gasteiger partial charge in [0.05, 0.1) is 21.4 Å². The minimum absolute atomic E-state index is 0.204. The molecule has 0 aliphatic rings. The number of thiazole rings is 1. The van der Waals surface area contributed by atoms with E-state index in [2.05, 4.69) is 20.8 Å². The first-order valence-electron chi connectivity index (χ1n) is 7.17. The second-order valence-electron chi connectivity index (χ2n) is 6.47. The standard InChI is InChI=1S/C17H16Cl2N2OS/c1-9-14(10-5-6-11(18)12(19)7-10)21-13(8-22)15(17(2,3)4)20-16(21)23-9/h5-8H,1-4H3. The first-order chi connectivity index (χ1) is 10.7. The van der Waals surface area contributed by atoms with E-state index in [-0.39, 0.29) is 5.41 Å². The van der Waals surface area contributed by atoms with Crippen LogP contribution in [-0.4, -0.2) is 15.7 Å². The summed E-state index contributed by atoms with van der Waals surface area (Å²) < 4.78 is 1.92. The van der Waals surface area contributed by atoms with Crippen LogP contribution in [0.5, 0.6) is 0 Å². The van der Waals surface area contributed by atoms with E-state index in [9.17, 15) is 4.79 Å². The maximum absolute atomic E-state index is 11.8. The van der Waals surface area contributed by atoms with Gasteiger partial charge in [-0.15, -0.1) is 11.3 Å². The Morgan fingerprint density at radius 3 is 2.48 bits per heavy atom. The van der Waals surface area contributed by atoms with E-state index in [0.717, 1.165) is 33.1 Å². The van der Waals surface area contributed by atoms with Crippen molar-refractivity contribution in [1.29, 1.82) is 0 Å². The van der Waals surface area contributed by atoms with E-state index < -0.39 is 0 Å². The molecule has 0 atom stereocenters. The molecule has 0 fully saturated rings. The topological polar surface area (TPSA) is 34.4 Å². The zero-order chi connectivity index (χ0) is 16.9. The molecule has 0 radical (unpaired) electrons. The van der Waals surface area contributed by atoms with Crippen molar-refractivity contribution in [2.45, 2.75) is 33.1 Å². The number of aryl methyl sites for hydroxylation is 1. The summed E-state index contributed by atoms with van der Waals surface area (Å²) in [5.74, 6) is 0. The average Bonchev–Trinajstić information content (AvgIpc) is 2.96. The maximum Gasteiger partial charge on any atom is 0.195 e. The number of hydrogen-bond acceptors (Lipinski definition) is 3. The molecule has 0 N–H and O–H groups in total. The van der Waals surface area contributed by atoms with Crippen molar-refractivity contribution in [2.24, 2.45) is 0 Å². The average molecular weight is 367 g/mol. The van der Waals surface area contributed by atoms with Crippen LogP contribution < -0.4 is 0 Å². The molecule has 3 nitrogen and oxygen atoms in total. The molecule has 3 rings (SSSR count). The van der Waals surface area contributed by atoms with Crippen molar-refractivity contribution in [1.82, 2.24) is 9.38 Å². The smallest absolute Gasteiger partial charge is 0.195 e. The Bertz CT molecular complexity index is 919. The normalized spacial score (nSPS) is 12.1. The number of halogens is 2. The zero-order valence-electron chi connectivity index (χ0n) is 13.3. The van der Waals surface area contributed by atoms with Crippen molar-refractivity contribution in [3.05, 3.63) is 44.5 Å². The highest BCUT2D eigenvalue weighted by Crippen LogP contribution is 2.37. The monoisotopic (exact) mass is 366 g/mol. The number of nitrogens with zero attached hydrogens (tertiary/aromatic N) is 2. The van der Waals surface area contributed by atoms with Crippen molar-refractivity contribution in [2.75, 3.05) is 0 Å². The van der Waals surface area contributed by atoms with Crippen LogP contribution in [0.25, 0.3) is 16.2 Å². The lowest BCUT2D eigenvalue weighted by Crippen LogP contribution is -2.15. The second-order valence-corrected chi connectivity index (χ2v) is 8.46. The zero-order valence-corrected chi connectivity index (χ0v) is 15.6. The molecule has 0 aliphatic carbocycles. The van der Waals surface area contributed by atoms with Gasteiger partial charge in [-0.05, 0) is 19.1 Å². The van der Waals surface area contributed by atoms with Gasteiger partial charge in [-0.3, -0.25) is 9.20 Å². The van der Waals surface area contributed by atoms with Gasteiger partial charge in [0.1, 0.15) is 5.69 Å².